The van der Waals surface area contributed by atoms with Crippen LogP contribution in [0.2, 0.25) is 0 Å². The molecule has 0 unspecified atom stereocenters. The minimum atomic E-state index is -0.299. The van der Waals surface area contributed by atoms with Crippen LogP contribution in [0.1, 0.15) is 30.9 Å². The highest BCUT2D eigenvalue weighted by molar-refractivity contribution is 6.02. The average molecular weight is 374 g/mol. The zero-order chi connectivity index (χ0) is 19.6. The smallest absolute Gasteiger partial charge is 0.323 e. The Balaban J connectivity index is 1.69. The molecule has 146 valence electrons. The van der Waals surface area contributed by atoms with Crippen LogP contribution < -0.4 is 11.0 Å². The van der Waals surface area contributed by atoms with Gasteiger partial charge in [-0.15, -0.1) is 0 Å². The Kier molecular flexibility index (Phi) is 5.65. The standard InChI is InChI=1S/C19H26N4O4/c1-4-27-10-15(24)23-7-5-13(6-8-23)18(25)21-16-12(3)11(2)9-14-17(16)22-19(26)20-14/h9,13H,4-8,10H2,1-3H3,(H,21,25)(H2,20,22,26). The molecule has 0 saturated carbocycles. The molecule has 2 amide bonds. The van der Waals surface area contributed by atoms with Crippen LogP contribution in [0.3, 0.4) is 0 Å². The maximum atomic E-state index is 12.8. The van der Waals surface area contributed by atoms with Crippen LogP contribution in [0, 0.1) is 19.8 Å². The number of carbonyl (C=O) groups is 2. The van der Waals surface area contributed by atoms with E-state index >= 15 is 0 Å². The number of ether oxygens (including phenoxy) is 1. The molecule has 0 spiro atoms. The number of aromatic amines is 2. The lowest BCUT2D eigenvalue weighted by Crippen LogP contribution is -2.43. The number of likely N-dealkylation sites (tertiary alicyclic amines) is 1. The number of H-pyrrole nitrogens is 2. The topological polar surface area (TPSA) is 107 Å². The van der Waals surface area contributed by atoms with Gasteiger partial charge in [0.15, 0.2) is 0 Å². The molecule has 1 aliphatic rings. The Hall–Kier alpha value is -2.61. The molecule has 0 bridgehead atoms. The minimum Gasteiger partial charge on any atom is -0.372 e. The SMILES string of the molecule is CCOCC(=O)N1CCC(C(=O)Nc2c(C)c(C)cc3[nH]c(=O)[nH]c23)CC1. The Bertz CT molecular complexity index is 906. The van der Waals surface area contributed by atoms with Crippen LogP contribution >= 0.6 is 0 Å². The van der Waals surface area contributed by atoms with Crippen molar-refractivity contribution in [2.45, 2.75) is 33.6 Å². The summed E-state index contributed by atoms with van der Waals surface area (Å²) in [5.41, 5.74) is 3.55. The summed E-state index contributed by atoms with van der Waals surface area (Å²) in [6.45, 7) is 7.42. The van der Waals surface area contributed by atoms with Crippen molar-refractivity contribution in [2.75, 3.05) is 31.6 Å². The second-order valence-electron chi connectivity index (χ2n) is 6.98. The summed E-state index contributed by atoms with van der Waals surface area (Å²) in [6.07, 6.45) is 1.22. The van der Waals surface area contributed by atoms with Crippen LogP contribution in [-0.4, -0.2) is 53.0 Å². The number of hydrogen-bond acceptors (Lipinski definition) is 4. The number of anilines is 1. The lowest BCUT2D eigenvalue weighted by molar-refractivity contribution is -0.138. The number of imidazole rings is 1. The number of hydrogen-bond donors (Lipinski definition) is 3. The summed E-state index contributed by atoms with van der Waals surface area (Å²) in [7, 11) is 0. The molecule has 2 heterocycles. The molecule has 27 heavy (non-hydrogen) atoms. The fourth-order valence-electron chi connectivity index (χ4n) is 3.47. The monoisotopic (exact) mass is 374 g/mol. The van der Waals surface area contributed by atoms with Crippen molar-refractivity contribution < 1.29 is 14.3 Å². The van der Waals surface area contributed by atoms with E-state index in [2.05, 4.69) is 15.3 Å². The van der Waals surface area contributed by atoms with Crippen molar-refractivity contribution in [1.29, 1.82) is 0 Å². The lowest BCUT2D eigenvalue weighted by Gasteiger charge is -2.31. The highest BCUT2D eigenvalue weighted by Gasteiger charge is 2.28. The molecular weight excluding hydrogens is 348 g/mol. The Morgan fingerprint density at radius 3 is 2.63 bits per heavy atom. The number of nitrogens with zero attached hydrogens (tertiary/aromatic N) is 1. The van der Waals surface area contributed by atoms with E-state index in [4.69, 9.17) is 4.74 Å². The van der Waals surface area contributed by atoms with Crippen molar-refractivity contribution in [3.63, 3.8) is 0 Å². The first-order valence-electron chi connectivity index (χ1n) is 9.29. The van der Waals surface area contributed by atoms with Crippen molar-refractivity contribution >= 4 is 28.5 Å². The number of nitrogens with one attached hydrogen (secondary N) is 3. The van der Waals surface area contributed by atoms with E-state index in [0.717, 1.165) is 11.1 Å². The van der Waals surface area contributed by atoms with E-state index in [1.54, 1.807) is 4.90 Å². The third-order valence-corrected chi connectivity index (χ3v) is 5.23. The van der Waals surface area contributed by atoms with Gasteiger partial charge in [-0.3, -0.25) is 9.59 Å². The van der Waals surface area contributed by atoms with E-state index in [9.17, 15) is 14.4 Å². The third kappa shape index (κ3) is 4.05. The van der Waals surface area contributed by atoms with E-state index in [1.807, 2.05) is 26.8 Å². The summed E-state index contributed by atoms with van der Waals surface area (Å²) in [4.78, 5) is 43.7. The predicted molar refractivity (Wildman–Crippen MR) is 103 cm³/mol. The van der Waals surface area contributed by atoms with Crippen molar-refractivity contribution in [3.8, 4) is 0 Å². The highest BCUT2D eigenvalue weighted by Crippen LogP contribution is 2.28. The van der Waals surface area contributed by atoms with Crippen LogP contribution in [0.15, 0.2) is 10.9 Å². The Morgan fingerprint density at radius 1 is 1.26 bits per heavy atom. The molecular formula is C19H26N4O4. The highest BCUT2D eigenvalue weighted by atomic mass is 16.5. The van der Waals surface area contributed by atoms with Crippen LogP contribution in [0.5, 0.6) is 0 Å². The fourth-order valence-corrected chi connectivity index (χ4v) is 3.47. The molecule has 0 aliphatic carbocycles. The van der Waals surface area contributed by atoms with Crippen LogP contribution in [0.25, 0.3) is 11.0 Å². The molecule has 1 aromatic carbocycles. The predicted octanol–water partition coefficient (Wildman–Crippen LogP) is 1.69. The number of carbonyl (C=O) groups excluding carboxylic acids is 2. The first-order valence-corrected chi connectivity index (χ1v) is 9.29. The van der Waals surface area contributed by atoms with Gasteiger partial charge in [0.2, 0.25) is 11.8 Å². The molecule has 0 radical (unpaired) electrons. The lowest BCUT2D eigenvalue weighted by atomic mass is 9.95. The Morgan fingerprint density at radius 2 is 1.96 bits per heavy atom. The second-order valence-corrected chi connectivity index (χ2v) is 6.98. The molecule has 8 heteroatoms. The first-order chi connectivity index (χ1) is 12.9. The van der Waals surface area contributed by atoms with Gasteiger partial charge in [0.25, 0.3) is 0 Å². The molecule has 8 nitrogen and oxygen atoms in total. The van der Waals surface area contributed by atoms with Crippen LogP contribution in [-0.2, 0) is 14.3 Å². The molecule has 1 saturated heterocycles. The van der Waals surface area contributed by atoms with E-state index in [0.29, 0.717) is 49.3 Å². The van der Waals surface area contributed by atoms with Crippen molar-refractivity contribution in [3.05, 3.63) is 27.7 Å². The molecule has 1 aromatic heterocycles. The zero-order valence-corrected chi connectivity index (χ0v) is 16.0. The maximum absolute atomic E-state index is 12.8. The summed E-state index contributed by atoms with van der Waals surface area (Å²) in [6, 6.07) is 1.89. The van der Waals surface area contributed by atoms with E-state index in [1.165, 1.54) is 0 Å². The van der Waals surface area contributed by atoms with E-state index in [-0.39, 0.29) is 30.0 Å². The normalized spacial score (nSPS) is 15.3. The molecule has 3 N–H and O–H groups in total. The van der Waals surface area contributed by atoms with Gasteiger partial charge in [0.1, 0.15) is 6.61 Å². The Labute approximate surface area is 157 Å². The average Bonchev–Trinajstić information content (AvgIpc) is 3.03. The third-order valence-electron chi connectivity index (χ3n) is 5.23. The van der Waals surface area contributed by atoms with Gasteiger partial charge in [-0.05, 0) is 50.8 Å². The van der Waals surface area contributed by atoms with Gasteiger partial charge < -0.3 is 24.9 Å². The summed E-state index contributed by atoms with van der Waals surface area (Å²) in [5.74, 6) is -0.275. The minimum absolute atomic E-state index is 0.0307. The van der Waals surface area contributed by atoms with Crippen molar-refractivity contribution in [2.24, 2.45) is 5.92 Å². The zero-order valence-electron chi connectivity index (χ0n) is 16.0. The molecule has 1 fully saturated rings. The number of benzene rings is 1. The molecule has 2 aromatic rings. The van der Waals surface area contributed by atoms with Gasteiger partial charge >= 0.3 is 5.69 Å². The van der Waals surface area contributed by atoms with Gasteiger partial charge in [-0.2, -0.15) is 0 Å². The fraction of sp³-hybridized carbons (Fsp3) is 0.526. The number of aromatic nitrogens is 2. The summed E-state index contributed by atoms with van der Waals surface area (Å²) in [5, 5.41) is 3.00. The van der Waals surface area contributed by atoms with Crippen molar-refractivity contribution in [1.82, 2.24) is 14.9 Å². The second kappa shape index (κ2) is 7.96. The van der Waals surface area contributed by atoms with Gasteiger partial charge in [-0.25, -0.2) is 4.79 Å². The molecule has 3 rings (SSSR count). The van der Waals surface area contributed by atoms with Gasteiger partial charge in [0, 0.05) is 25.6 Å². The quantitative estimate of drug-likeness (QED) is 0.740. The van der Waals surface area contributed by atoms with Gasteiger partial charge in [-0.1, -0.05) is 0 Å². The number of piperidine rings is 1. The number of aryl methyl sites for hydroxylation is 1. The largest absolute Gasteiger partial charge is 0.372 e. The first kappa shape index (κ1) is 19.2. The van der Waals surface area contributed by atoms with E-state index < -0.39 is 0 Å². The summed E-state index contributed by atoms with van der Waals surface area (Å²) < 4.78 is 5.17. The molecule has 0 atom stereocenters. The number of rotatable bonds is 5. The maximum Gasteiger partial charge on any atom is 0.323 e. The number of amides is 2. The number of fused-ring (bicyclic) bond motifs is 1. The summed E-state index contributed by atoms with van der Waals surface area (Å²) >= 11 is 0. The van der Waals surface area contributed by atoms with Crippen LogP contribution in [0.4, 0.5) is 5.69 Å². The molecule has 1 aliphatic heterocycles. The van der Waals surface area contributed by atoms with Gasteiger partial charge in [0.05, 0.1) is 16.7 Å².